The lowest BCUT2D eigenvalue weighted by atomic mass is 10.0. The summed E-state index contributed by atoms with van der Waals surface area (Å²) in [5.74, 6) is -1.11. The molecule has 0 saturated heterocycles. The van der Waals surface area contributed by atoms with Gasteiger partial charge in [0.25, 0.3) is 0 Å². The second-order valence-electron chi connectivity index (χ2n) is 5.18. The number of carboxylic acids is 1. The predicted octanol–water partition coefficient (Wildman–Crippen LogP) is 2.70. The zero-order valence-electron chi connectivity index (χ0n) is 11.9. The lowest BCUT2D eigenvalue weighted by molar-refractivity contribution is -0.155. The maximum Gasteiger partial charge on any atom is 0.329 e. The van der Waals surface area contributed by atoms with Gasteiger partial charge in [0.15, 0.2) is 0 Å². The molecule has 1 amide bonds. The molecule has 19 heavy (non-hydrogen) atoms. The van der Waals surface area contributed by atoms with Gasteiger partial charge >= 0.3 is 5.97 Å². The van der Waals surface area contributed by atoms with Gasteiger partial charge in [0.1, 0.15) is 5.54 Å². The van der Waals surface area contributed by atoms with E-state index in [1.54, 1.807) is 18.4 Å². The Labute approximate surface area is 118 Å². The average molecular weight is 283 g/mol. The molecule has 0 fully saturated rings. The molecule has 0 radical (unpaired) electrons. The van der Waals surface area contributed by atoms with Crippen LogP contribution < -0.4 is 0 Å². The molecule has 1 N–H and O–H groups in total. The van der Waals surface area contributed by atoms with E-state index in [1.165, 1.54) is 28.5 Å². The van der Waals surface area contributed by atoms with Crippen molar-refractivity contribution < 1.29 is 14.7 Å². The number of hydrogen-bond acceptors (Lipinski definition) is 3. The zero-order valence-corrected chi connectivity index (χ0v) is 12.7. The van der Waals surface area contributed by atoms with Crippen molar-refractivity contribution in [2.24, 2.45) is 0 Å². The monoisotopic (exact) mass is 283 g/mol. The highest BCUT2D eigenvalue weighted by atomic mass is 32.1. The summed E-state index contributed by atoms with van der Waals surface area (Å²) in [6.07, 6.45) is 1.99. The summed E-state index contributed by atoms with van der Waals surface area (Å²) in [6, 6.07) is 4.15. The SMILES string of the molecule is Cc1ccc(CCCC(=O)N(C)C(C)(C)C(=O)O)s1. The van der Waals surface area contributed by atoms with Crippen molar-refractivity contribution in [2.75, 3.05) is 7.05 Å². The fourth-order valence-corrected chi connectivity index (χ4v) is 2.59. The zero-order chi connectivity index (χ0) is 14.6. The van der Waals surface area contributed by atoms with Crippen LogP contribution in [0.4, 0.5) is 0 Å². The van der Waals surface area contributed by atoms with Gasteiger partial charge < -0.3 is 10.0 Å². The molecule has 0 aliphatic carbocycles. The first-order valence-corrected chi connectivity index (χ1v) is 7.12. The summed E-state index contributed by atoms with van der Waals surface area (Å²) in [6.45, 7) is 5.13. The third kappa shape index (κ3) is 4.06. The van der Waals surface area contributed by atoms with Crippen molar-refractivity contribution in [1.82, 2.24) is 4.90 Å². The van der Waals surface area contributed by atoms with E-state index < -0.39 is 11.5 Å². The van der Waals surface area contributed by atoms with Gasteiger partial charge in [-0.05, 0) is 45.7 Å². The first-order valence-electron chi connectivity index (χ1n) is 6.30. The first-order chi connectivity index (χ1) is 8.75. The van der Waals surface area contributed by atoms with Gasteiger partial charge in [0, 0.05) is 23.2 Å². The molecular formula is C14H21NO3S. The second-order valence-corrected chi connectivity index (χ2v) is 6.56. The third-order valence-corrected chi connectivity index (χ3v) is 4.41. The van der Waals surface area contributed by atoms with Crippen LogP contribution in [0.2, 0.25) is 0 Å². The molecule has 1 rings (SSSR count). The largest absolute Gasteiger partial charge is 0.480 e. The molecule has 0 saturated carbocycles. The second kappa shape index (κ2) is 6.19. The maximum absolute atomic E-state index is 12.0. The normalized spacial score (nSPS) is 11.4. The molecule has 0 atom stereocenters. The number of aryl methyl sites for hydroxylation is 2. The van der Waals surface area contributed by atoms with Crippen LogP contribution >= 0.6 is 11.3 Å². The van der Waals surface area contributed by atoms with Crippen LogP contribution in [0.5, 0.6) is 0 Å². The number of carbonyl (C=O) groups excluding carboxylic acids is 1. The van der Waals surface area contributed by atoms with E-state index >= 15 is 0 Å². The Kier molecular flexibility index (Phi) is 5.11. The number of likely N-dealkylation sites (N-methyl/N-ethyl adjacent to an activating group) is 1. The fraction of sp³-hybridized carbons (Fsp3) is 0.571. The minimum Gasteiger partial charge on any atom is -0.480 e. The van der Waals surface area contributed by atoms with Crippen molar-refractivity contribution in [3.8, 4) is 0 Å². The van der Waals surface area contributed by atoms with Crippen LogP contribution in [0.15, 0.2) is 12.1 Å². The highest BCUT2D eigenvalue weighted by molar-refractivity contribution is 7.11. The molecule has 1 heterocycles. The van der Waals surface area contributed by atoms with Crippen molar-refractivity contribution in [3.63, 3.8) is 0 Å². The van der Waals surface area contributed by atoms with Gasteiger partial charge in [-0.2, -0.15) is 0 Å². The molecule has 106 valence electrons. The molecule has 1 aromatic rings. The number of rotatable bonds is 6. The van der Waals surface area contributed by atoms with Crippen LogP contribution in [0.25, 0.3) is 0 Å². The van der Waals surface area contributed by atoms with Crippen molar-refractivity contribution in [3.05, 3.63) is 21.9 Å². The number of carboxylic acid groups (broad SMARTS) is 1. The minimum absolute atomic E-state index is 0.124. The summed E-state index contributed by atoms with van der Waals surface area (Å²) in [5, 5.41) is 9.07. The van der Waals surface area contributed by atoms with E-state index in [4.69, 9.17) is 5.11 Å². The van der Waals surface area contributed by atoms with Gasteiger partial charge in [-0.25, -0.2) is 4.79 Å². The highest BCUT2D eigenvalue weighted by Gasteiger charge is 2.34. The summed E-state index contributed by atoms with van der Waals surface area (Å²) >= 11 is 1.74. The summed E-state index contributed by atoms with van der Waals surface area (Å²) in [5.41, 5.74) is -1.16. The van der Waals surface area contributed by atoms with Gasteiger partial charge in [-0.1, -0.05) is 0 Å². The van der Waals surface area contributed by atoms with Crippen LogP contribution in [0.1, 0.15) is 36.4 Å². The summed E-state index contributed by atoms with van der Waals surface area (Å²) in [4.78, 5) is 26.9. The lowest BCUT2D eigenvalue weighted by Gasteiger charge is -2.31. The molecule has 1 aromatic heterocycles. The standard InChI is InChI=1S/C14H21NO3S/c1-10-8-9-11(19-10)6-5-7-12(16)15(4)14(2,3)13(17)18/h8-9H,5-7H2,1-4H3,(H,17,18). The van der Waals surface area contributed by atoms with Crippen molar-refractivity contribution >= 4 is 23.2 Å². The Balaban J connectivity index is 2.45. The molecule has 0 aromatic carbocycles. The molecule has 0 spiro atoms. The van der Waals surface area contributed by atoms with Crippen LogP contribution in [-0.2, 0) is 16.0 Å². The Morgan fingerprint density at radius 1 is 1.37 bits per heavy atom. The van der Waals surface area contributed by atoms with Crippen LogP contribution in [-0.4, -0.2) is 34.5 Å². The number of hydrogen-bond donors (Lipinski definition) is 1. The highest BCUT2D eigenvalue weighted by Crippen LogP contribution is 2.19. The molecular weight excluding hydrogens is 262 g/mol. The third-order valence-electron chi connectivity index (χ3n) is 3.35. The average Bonchev–Trinajstić information content (AvgIpc) is 2.73. The molecule has 0 aliphatic heterocycles. The number of carbonyl (C=O) groups is 2. The van der Waals surface area contributed by atoms with E-state index in [9.17, 15) is 9.59 Å². The molecule has 0 bridgehead atoms. The predicted molar refractivity (Wildman–Crippen MR) is 76.5 cm³/mol. The quantitative estimate of drug-likeness (QED) is 0.873. The Morgan fingerprint density at radius 2 is 2.00 bits per heavy atom. The Morgan fingerprint density at radius 3 is 2.47 bits per heavy atom. The van der Waals surface area contributed by atoms with E-state index in [0.717, 1.165) is 12.8 Å². The Bertz CT molecular complexity index is 465. The van der Waals surface area contributed by atoms with Gasteiger partial charge in [-0.3, -0.25) is 4.79 Å². The number of aliphatic carboxylic acids is 1. The van der Waals surface area contributed by atoms with Crippen molar-refractivity contribution in [1.29, 1.82) is 0 Å². The van der Waals surface area contributed by atoms with Gasteiger partial charge in [-0.15, -0.1) is 11.3 Å². The van der Waals surface area contributed by atoms with Gasteiger partial charge in [0.2, 0.25) is 5.91 Å². The molecule has 5 heteroatoms. The Hall–Kier alpha value is -1.36. The van der Waals surface area contributed by atoms with E-state index in [2.05, 4.69) is 19.1 Å². The molecule has 4 nitrogen and oxygen atoms in total. The van der Waals surface area contributed by atoms with Crippen LogP contribution in [0, 0.1) is 6.92 Å². The van der Waals surface area contributed by atoms with Gasteiger partial charge in [0.05, 0.1) is 0 Å². The minimum atomic E-state index is -1.16. The smallest absolute Gasteiger partial charge is 0.329 e. The van der Waals surface area contributed by atoms with E-state index in [0.29, 0.717) is 6.42 Å². The number of nitrogens with zero attached hydrogens (tertiary/aromatic N) is 1. The topological polar surface area (TPSA) is 57.6 Å². The van der Waals surface area contributed by atoms with Crippen molar-refractivity contribution in [2.45, 2.75) is 45.6 Å². The summed E-state index contributed by atoms with van der Waals surface area (Å²) < 4.78 is 0. The van der Waals surface area contributed by atoms with E-state index in [1.807, 2.05) is 0 Å². The fourth-order valence-electron chi connectivity index (χ4n) is 1.66. The molecule has 0 unspecified atom stereocenters. The number of thiophene rings is 1. The molecule has 0 aliphatic rings. The van der Waals surface area contributed by atoms with E-state index in [-0.39, 0.29) is 5.91 Å². The maximum atomic E-state index is 12.0. The van der Waals surface area contributed by atoms with Crippen LogP contribution in [0.3, 0.4) is 0 Å². The first kappa shape index (κ1) is 15.7. The lowest BCUT2D eigenvalue weighted by Crippen LogP contribution is -2.50. The number of amides is 1. The summed E-state index contributed by atoms with van der Waals surface area (Å²) in [7, 11) is 1.55.